The van der Waals surface area contributed by atoms with Crippen LogP contribution >= 0.6 is 11.3 Å². The zero-order valence-electron chi connectivity index (χ0n) is 12.4. The highest BCUT2D eigenvalue weighted by Crippen LogP contribution is 2.14. The maximum atomic E-state index is 11.9. The number of hydrogen-bond donors (Lipinski definition) is 3. The molecule has 0 radical (unpaired) electrons. The Kier molecular flexibility index (Phi) is 7.65. The first kappa shape index (κ1) is 17.9. The molecule has 9 heteroatoms. The lowest BCUT2D eigenvalue weighted by Gasteiger charge is -2.17. The van der Waals surface area contributed by atoms with Crippen LogP contribution in [0.4, 0.5) is 0 Å². The lowest BCUT2D eigenvalue weighted by molar-refractivity contribution is 0.179. The van der Waals surface area contributed by atoms with Crippen molar-refractivity contribution in [2.45, 2.75) is 17.2 Å². The van der Waals surface area contributed by atoms with E-state index in [9.17, 15) is 8.42 Å². The highest BCUT2D eigenvalue weighted by Gasteiger charge is 2.13. The van der Waals surface area contributed by atoms with Gasteiger partial charge in [0, 0.05) is 33.3 Å². The molecule has 120 valence electrons. The van der Waals surface area contributed by atoms with E-state index in [2.05, 4.69) is 20.3 Å². The summed E-state index contributed by atoms with van der Waals surface area (Å²) < 4.78 is 31.6. The second-order valence-electron chi connectivity index (χ2n) is 4.33. The minimum absolute atomic E-state index is 0.115. The van der Waals surface area contributed by atoms with Gasteiger partial charge in [0.25, 0.3) is 0 Å². The average molecular weight is 334 g/mol. The Balaban J connectivity index is 2.33. The summed E-state index contributed by atoms with van der Waals surface area (Å²) in [7, 11) is -0.115. The Morgan fingerprint density at radius 2 is 2.24 bits per heavy atom. The van der Waals surface area contributed by atoms with Gasteiger partial charge in [-0.3, -0.25) is 4.99 Å². The minimum atomic E-state index is -3.41. The van der Waals surface area contributed by atoms with Crippen LogP contribution < -0.4 is 15.4 Å². The second kappa shape index (κ2) is 8.98. The predicted octanol–water partition coefficient (Wildman–Crippen LogP) is 0.226. The van der Waals surface area contributed by atoms with Crippen LogP contribution in [0.5, 0.6) is 0 Å². The molecule has 1 heterocycles. The molecule has 0 bridgehead atoms. The third-order valence-corrected chi connectivity index (χ3v) is 5.35. The van der Waals surface area contributed by atoms with Gasteiger partial charge in [0.15, 0.2) is 5.96 Å². The molecule has 3 N–H and O–H groups in total. The van der Waals surface area contributed by atoms with Gasteiger partial charge in [-0.25, -0.2) is 13.1 Å². The van der Waals surface area contributed by atoms with Gasteiger partial charge in [-0.05, 0) is 18.4 Å². The third-order valence-electron chi connectivity index (χ3n) is 2.49. The van der Waals surface area contributed by atoms with Crippen LogP contribution in [0, 0.1) is 0 Å². The lowest BCUT2D eigenvalue weighted by Crippen LogP contribution is -2.46. The van der Waals surface area contributed by atoms with E-state index in [1.807, 2.05) is 6.92 Å². The standard InChI is InChI=1S/C12H22N4O3S2/c1-10(9-19-3)16-12(13-2)14-6-7-15-21(17,18)11-5-4-8-20-11/h4-5,8,10,15H,6-7,9H2,1-3H3,(H2,13,14,16). The highest BCUT2D eigenvalue weighted by molar-refractivity contribution is 7.91. The SMILES string of the molecule is CN=C(NCCNS(=O)(=O)c1cccs1)NC(C)COC. The Morgan fingerprint density at radius 1 is 1.48 bits per heavy atom. The Morgan fingerprint density at radius 3 is 2.81 bits per heavy atom. The Hall–Kier alpha value is -1.16. The summed E-state index contributed by atoms with van der Waals surface area (Å²) >= 11 is 1.19. The third kappa shape index (κ3) is 6.42. The zero-order valence-corrected chi connectivity index (χ0v) is 14.1. The van der Waals surface area contributed by atoms with Gasteiger partial charge in [0.1, 0.15) is 4.21 Å². The van der Waals surface area contributed by atoms with Gasteiger partial charge in [-0.1, -0.05) is 6.07 Å². The number of thiophene rings is 1. The van der Waals surface area contributed by atoms with E-state index >= 15 is 0 Å². The van der Waals surface area contributed by atoms with Crippen LogP contribution in [0.25, 0.3) is 0 Å². The monoisotopic (exact) mass is 334 g/mol. The predicted molar refractivity (Wildman–Crippen MR) is 85.3 cm³/mol. The van der Waals surface area contributed by atoms with Gasteiger partial charge < -0.3 is 15.4 Å². The van der Waals surface area contributed by atoms with E-state index in [1.165, 1.54) is 11.3 Å². The van der Waals surface area contributed by atoms with Crippen molar-refractivity contribution in [2.24, 2.45) is 4.99 Å². The van der Waals surface area contributed by atoms with Crippen molar-refractivity contribution < 1.29 is 13.2 Å². The number of hydrogen-bond acceptors (Lipinski definition) is 5. The molecule has 1 aromatic heterocycles. The van der Waals surface area contributed by atoms with Gasteiger partial charge in [0.2, 0.25) is 10.0 Å². The molecular weight excluding hydrogens is 312 g/mol. The van der Waals surface area contributed by atoms with Crippen LogP contribution in [0.3, 0.4) is 0 Å². The molecule has 0 saturated carbocycles. The second-order valence-corrected chi connectivity index (χ2v) is 7.27. The summed E-state index contributed by atoms with van der Waals surface area (Å²) in [5, 5.41) is 7.90. The van der Waals surface area contributed by atoms with Crippen LogP contribution in [0.15, 0.2) is 26.7 Å². The molecule has 1 unspecified atom stereocenters. The van der Waals surface area contributed by atoms with Crippen molar-refractivity contribution in [2.75, 3.05) is 33.9 Å². The molecule has 0 aromatic carbocycles. The molecular formula is C12H22N4O3S2. The molecule has 7 nitrogen and oxygen atoms in total. The molecule has 1 atom stereocenters. The molecule has 21 heavy (non-hydrogen) atoms. The fourth-order valence-electron chi connectivity index (χ4n) is 1.57. The van der Waals surface area contributed by atoms with Gasteiger partial charge in [-0.15, -0.1) is 11.3 Å². The highest BCUT2D eigenvalue weighted by atomic mass is 32.2. The number of nitrogens with one attached hydrogen (secondary N) is 3. The number of ether oxygens (including phenoxy) is 1. The molecule has 0 amide bonds. The summed E-state index contributed by atoms with van der Waals surface area (Å²) in [6.45, 7) is 3.24. The quantitative estimate of drug-likeness (QED) is 0.359. The summed E-state index contributed by atoms with van der Waals surface area (Å²) in [4.78, 5) is 4.06. The average Bonchev–Trinajstić information content (AvgIpc) is 2.97. The summed E-state index contributed by atoms with van der Waals surface area (Å²) in [5.41, 5.74) is 0. The first-order chi connectivity index (χ1) is 9.99. The summed E-state index contributed by atoms with van der Waals surface area (Å²) in [6, 6.07) is 3.40. The van der Waals surface area contributed by atoms with Crippen molar-refractivity contribution in [3.05, 3.63) is 17.5 Å². The molecule has 1 aromatic rings. The van der Waals surface area contributed by atoms with Crippen molar-refractivity contribution in [3.8, 4) is 0 Å². The molecule has 0 aliphatic rings. The van der Waals surface area contributed by atoms with Crippen molar-refractivity contribution in [3.63, 3.8) is 0 Å². The first-order valence-corrected chi connectivity index (χ1v) is 8.85. The van der Waals surface area contributed by atoms with Crippen LogP contribution in [-0.2, 0) is 14.8 Å². The van der Waals surface area contributed by atoms with E-state index in [-0.39, 0.29) is 12.6 Å². The number of aliphatic imine (C=N–C) groups is 1. The van der Waals surface area contributed by atoms with E-state index < -0.39 is 10.0 Å². The van der Waals surface area contributed by atoms with Crippen LogP contribution in [-0.4, -0.2) is 54.3 Å². The normalized spacial score (nSPS) is 14.0. The Labute approximate surface area is 129 Å². The molecule has 0 saturated heterocycles. The maximum absolute atomic E-state index is 11.9. The van der Waals surface area contributed by atoms with Crippen molar-refractivity contribution in [1.82, 2.24) is 15.4 Å². The number of rotatable bonds is 8. The van der Waals surface area contributed by atoms with E-state index in [1.54, 1.807) is 31.7 Å². The van der Waals surface area contributed by atoms with Crippen LogP contribution in [0.2, 0.25) is 0 Å². The molecule has 0 fully saturated rings. The van der Waals surface area contributed by atoms with Crippen LogP contribution in [0.1, 0.15) is 6.92 Å². The van der Waals surface area contributed by atoms with Crippen molar-refractivity contribution >= 4 is 27.3 Å². The van der Waals surface area contributed by atoms with E-state index in [4.69, 9.17) is 4.74 Å². The molecule has 0 spiro atoms. The van der Waals surface area contributed by atoms with Crippen molar-refractivity contribution in [1.29, 1.82) is 0 Å². The van der Waals surface area contributed by atoms with E-state index in [0.717, 1.165) is 0 Å². The number of sulfonamides is 1. The molecule has 1 rings (SSSR count). The number of nitrogens with zero attached hydrogens (tertiary/aromatic N) is 1. The summed E-state index contributed by atoms with van der Waals surface area (Å²) in [6.07, 6.45) is 0. The molecule has 0 aliphatic heterocycles. The van der Waals surface area contributed by atoms with Gasteiger partial charge in [0.05, 0.1) is 6.61 Å². The lowest BCUT2D eigenvalue weighted by atomic mass is 10.4. The van der Waals surface area contributed by atoms with Gasteiger partial charge in [-0.2, -0.15) is 0 Å². The maximum Gasteiger partial charge on any atom is 0.250 e. The van der Waals surface area contributed by atoms with E-state index in [0.29, 0.717) is 23.3 Å². The first-order valence-electron chi connectivity index (χ1n) is 6.49. The minimum Gasteiger partial charge on any atom is -0.383 e. The zero-order chi connectivity index (χ0) is 15.7. The molecule has 0 aliphatic carbocycles. The fourth-order valence-corrected chi connectivity index (χ4v) is 3.64. The fraction of sp³-hybridized carbons (Fsp3) is 0.583. The van der Waals surface area contributed by atoms with Gasteiger partial charge >= 0.3 is 0 Å². The number of guanidine groups is 1. The summed E-state index contributed by atoms with van der Waals surface area (Å²) in [5.74, 6) is 0.606. The largest absolute Gasteiger partial charge is 0.383 e. The Bertz CT molecular complexity index is 529. The smallest absolute Gasteiger partial charge is 0.250 e. The topological polar surface area (TPSA) is 91.8 Å². The number of methoxy groups -OCH3 is 1.